The number of nitrogens with zero attached hydrogens (tertiary/aromatic N) is 2. The van der Waals surface area contributed by atoms with Gasteiger partial charge in [-0.3, -0.25) is 4.90 Å². The quantitative estimate of drug-likeness (QED) is 0.819. The first-order chi connectivity index (χ1) is 8.74. The fourth-order valence-electron chi connectivity index (χ4n) is 2.55. The Bertz CT molecular complexity index is 541. The van der Waals surface area contributed by atoms with Gasteiger partial charge in [-0.2, -0.15) is 0 Å². The number of hydrogen-bond acceptors (Lipinski definition) is 4. The molecule has 96 valence electrons. The number of piperazine rings is 1. The molecule has 1 aromatic carbocycles. The molecule has 2 heterocycles. The molecule has 4 nitrogen and oxygen atoms in total. The number of fused-ring (bicyclic) bond motifs is 1. The fraction of sp³-hybridized carbons (Fsp3) is 0.429. The van der Waals surface area contributed by atoms with Crippen molar-refractivity contribution in [1.29, 1.82) is 0 Å². The molecule has 3 rings (SSSR count). The first kappa shape index (κ1) is 11.6. The minimum Gasteiger partial charge on any atom is -0.464 e. The SMILES string of the molecule is CN1CCN(Cc2coc3cccc(N)c23)CC1. The Morgan fingerprint density at radius 3 is 2.78 bits per heavy atom. The summed E-state index contributed by atoms with van der Waals surface area (Å²) < 4.78 is 5.58. The van der Waals surface area contributed by atoms with E-state index in [0.717, 1.165) is 49.4 Å². The summed E-state index contributed by atoms with van der Waals surface area (Å²) >= 11 is 0. The van der Waals surface area contributed by atoms with Crippen LogP contribution in [0.3, 0.4) is 0 Å². The Labute approximate surface area is 107 Å². The van der Waals surface area contributed by atoms with Crippen molar-refractivity contribution in [2.24, 2.45) is 0 Å². The van der Waals surface area contributed by atoms with Crippen LogP contribution in [-0.4, -0.2) is 43.0 Å². The van der Waals surface area contributed by atoms with Gasteiger partial charge < -0.3 is 15.1 Å². The second-order valence-corrected chi connectivity index (χ2v) is 5.06. The number of nitrogen functional groups attached to an aromatic ring is 1. The molecule has 0 spiro atoms. The van der Waals surface area contributed by atoms with Crippen molar-refractivity contribution in [3.8, 4) is 0 Å². The van der Waals surface area contributed by atoms with Gasteiger partial charge in [0.05, 0.1) is 6.26 Å². The van der Waals surface area contributed by atoms with E-state index in [-0.39, 0.29) is 0 Å². The summed E-state index contributed by atoms with van der Waals surface area (Å²) in [5.41, 5.74) is 8.94. The molecule has 1 aliphatic rings. The van der Waals surface area contributed by atoms with E-state index in [2.05, 4.69) is 16.8 Å². The molecule has 0 bridgehead atoms. The molecule has 1 fully saturated rings. The van der Waals surface area contributed by atoms with Crippen LogP contribution >= 0.6 is 0 Å². The Morgan fingerprint density at radius 2 is 2.00 bits per heavy atom. The molecule has 2 N–H and O–H groups in total. The van der Waals surface area contributed by atoms with E-state index in [1.807, 2.05) is 24.5 Å². The largest absolute Gasteiger partial charge is 0.464 e. The predicted octanol–water partition coefficient (Wildman–Crippen LogP) is 1.76. The Kier molecular flexibility index (Phi) is 2.97. The molecule has 4 heteroatoms. The van der Waals surface area contributed by atoms with Gasteiger partial charge in [0.15, 0.2) is 0 Å². The van der Waals surface area contributed by atoms with Crippen LogP contribution in [0.2, 0.25) is 0 Å². The molecule has 2 aromatic rings. The van der Waals surface area contributed by atoms with Crippen molar-refractivity contribution in [1.82, 2.24) is 9.80 Å². The van der Waals surface area contributed by atoms with Crippen molar-refractivity contribution >= 4 is 16.7 Å². The van der Waals surface area contributed by atoms with Gasteiger partial charge in [0.1, 0.15) is 5.58 Å². The van der Waals surface area contributed by atoms with E-state index in [0.29, 0.717) is 0 Å². The topological polar surface area (TPSA) is 45.6 Å². The monoisotopic (exact) mass is 245 g/mol. The third-order valence-corrected chi connectivity index (χ3v) is 3.70. The van der Waals surface area contributed by atoms with Crippen LogP contribution in [-0.2, 0) is 6.54 Å². The summed E-state index contributed by atoms with van der Waals surface area (Å²) in [6.07, 6.45) is 1.85. The van der Waals surface area contributed by atoms with Crippen LogP contribution in [0.1, 0.15) is 5.56 Å². The maximum atomic E-state index is 6.04. The lowest BCUT2D eigenvalue weighted by Gasteiger charge is -2.32. The summed E-state index contributed by atoms with van der Waals surface area (Å²) in [6, 6.07) is 5.84. The van der Waals surface area contributed by atoms with Gasteiger partial charge in [0.2, 0.25) is 0 Å². The number of benzene rings is 1. The smallest absolute Gasteiger partial charge is 0.136 e. The highest BCUT2D eigenvalue weighted by atomic mass is 16.3. The van der Waals surface area contributed by atoms with Gasteiger partial charge in [-0.1, -0.05) is 6.07 Å². The molecule has 0 aliphatic carbocycles. The van der Waals surface area contributed by atoms with Gasteiger partial charge >= 0.3 is 0 Å². The molecule has 0 amide bonds. The van der Waals surface area contributed by atoms with Crippen LogP contribution in [0.4, 0.5) is 5.69 Å². The molecule has 0 saturated carbocycles. The standard InChI is InChI=1S/C14H19N3O/c1-16-5-7-17(8-6-16)9-11-10-18-13-4-2-3-12(15)14(11)13/h2-4,10H,5-9,15H2,1H3. The van der Waals surface area contributed by atoms with Crippen molar-refractivity contribution in [2.45, 2.75) is 6.54 Å². The van der Waals surface area contributed by atoms with Gasteiger partial charge in [0, 0.05) is 49.4 Å². The van der Waals surface area contributed by atoms with Gasteiger partial charge in [-0.05, 0) is 19.2 Å². The zero-order chi connectivity index (χ0) is 12.5. The van der Waals surface area contributed by atoms with Crippen molar-refractivity contribution in [2.75, 3.05) is 39.0 Å². The Hall–Kier alpha value is -1.52. The molecule has 1 aromatic heterocycles. The Balaban J connectivity index is 1.82. The van der Waals surface area contributed by atoms with E-state index >= 15 is 0 Å². The molecule has 0 radical (unpaired) electrons. The van der Waals surface area contributed by atoms with E-state index < -0.39 is 0 Å². The van der Waals surface area contributed by atoms with Crippen LogP contribution in [0, 0.1) is 0 Å². The van der Waals surface area contributed by atoms with Crippen LogP contribution < -0.4 is 5.73 Å². The van der Waals surface area contributed by atoms with E-state index in [1.54, 1.807) is 0 Å². The molecular weight excluding hydrogens is 226 g/mol. The summed E-state index contributed by atoms with van der Waals surface area (Å²) in [7, 11) is 2.17. The zero-order valence-corrected chi connectivity index (χ0v) is 10.7. The minimum absolute atomic E-state index is 0.811. The predicted molar refractivity (Wildman–Crippen MR) is 73.4 cm³/mol. The number of likely N-dealkylation sites (N-methyl/N-ethyl adjacent to an activating group) is 1. The molecule has 1 aliphatic heterocycles. The number of anilines is 1. The number of hydrogen-bond donors (Lipinski definition) is 1. The number of nitrogens with two attached hydrogens (primary N) is 1. The van der Waals surface area contributed by atoms with Crippen molar-refractivity contribution in [3.63, 3.8) is 0 Å². The second-order valence-electron chi connectivity index (χ2n) is 5.06. The number of furan rings is 1. The third kappa shape index (κ3) is 2.09. The highest BCUT2D eigenvalue weighted by Crippen LogP contribution is 2.27. The maximum absolute atomic E-state index is 6.04. The molecule has 18 heavy (non-hydrogen) atoms. The zero-order valence-electron chi connectivity index (χ0n) is 10.7. The van der Waals surface area contributed by atoms with E-state index in [9.17, 15) is 0 Å². The first-order valence-electron chi connectivity index (χ1n) is 6.39. The van der Waals surface area contributed by atoms with Crippen molar-refractivity contribution < 1.29 is 4.42 Å². The van der Waals surface area contributed by atoms with Gasteiger partial charge in [0.25, 0.3) is 0 Å². The van der Waals surface area contributed by atoms with Crippen LogP contribution in [0.5, 0.6) is 0 Å². The van der Waals surface area contributed by atoms with Gasteiger partial charge in [-0.15, -0.1) is 0 Å². The maximum Gasteiger partial charge on any atom is 0.136 e. The Morgan fingerprint density at radius 1 is 1.22 bits per heavy atom. The summed E-state index contributed by atoms with van der Waals surface area (Å²) in [5, 5.41) is 1.08. The summed E-state index contributed by atoms with van der Waals surface area (Å²) in [6.45, 7) is 5.40. The highest BCUT2D eigenvalue weighted by molar-refractivity contribution is 5.92. The fourth-order valence-corrected chi connectivity index (χ4v) is 2.55. The van der Waals surface area contributed by atoms with Gasteiger partial charge in [-0.25, -0.2) is 0 Å². The average Bonchev–Trinajstić information content (AvgIpc) is 2.77. The number of rotatable bonds is 2. The lowest BCUT2D eigenvalue weighted by molar-refractivity contribution is 0.148. The van der Waals surface area contributed by atoms with Crippen molar-refractivity contribution in [3.05, 3.63) is 30.0 Å². The third-order valence-electron chi connectivity index (χ3n) is 3.70. The molecule has 1 saturated heterocycles. The van der Waals surface area contributed by atoms with Crippen LogP contribution in [0.25, 0.3) is 11.0 Å². The summed E-state index contributed by atoms with van der Waals surface area (Å²) in [5.74, 6) is 0. The second kappa shape index (κ2) is 4.63. The molecule has 0 atom stereocenters. The minimum atomic E-state index is 0.811. The molecule has 0 unspecified atom stereocenters. The summed E-state index contributed by atoms with van der Waals surface area (Å²) in [4.78, 5) is 4.81. The molecular formula is C14H19N3O. The van der Waals surface area contributed by atoms with E-state index in [4.69, 9.17) is 10.2 Å². The lowest BCUT2D eigenvalue weighted by Crippen LogP contribution is -2.43. The lowest BCUT2D eigenvalue weighted by atomic mass is 10.1. The van der Waals surface area contributed by atoms with E-state index in [1.165, 1.54) is 5.56 Å². The average molecular weight is 245 g/mol. The highest BCUT2D eigenvalue weighted by Gasteiger charge is 2.16. The first-order valence-corrected chi connectivity index (χ1v) is 6.39. The van der Waals surface area contributed by atoms with Crippen LogP contribution in [0.15, 0.2) is 28.9 Å². The normalized spacial score (nSPS) is 18.5.